The van der Waals surface area contributed by atoms with Crippen LogP contribution in [0.1, 0.15) is 32.0 Å². The van der Waals surface area contributed by atoms with Gasteiger partial charge < -0.3 is 15.4 Å². The summed E-state index contributed by atoms with van der Waals surface area (Å²) in [5.74, 6) is -0.308. The fourth-order valence-corrected chi connectivity index (χ4v) is 2.65. The minimum atomic E-state index is -0.423. The van der Waals surface area contributed by atoms with Crippen molar-refractivity contribution >= 4 is 29.1 Å². The van der Waals surface area contributed by atoms with Gasteiger partial charge in [-0.3, -0.25) is 4.79 Å². The second-order valence-electron chi connectivity index (χ2n) is 6.27. The first-order chi connectivity index (χ1) is 13.5. The maximum absolute atomic E-state index is 12.4. The fourth-order valence-electron chi connectivity index (χ4n) is 2.65. The van der Waals surface area contributed by atoms with E-state index in [4.69, 9.17) is 4.74 Å². The van der Waals surface area contributed by atoms with E-state index in [9.17, 15) is 9.59 Å². The number of hydrogen-bond donors (Lipinski definition) is 2. The Hall–Kier alpha value is -3.74. The second kappa shape index (κ2) is 8.30. The number of aryl methyl sites for hydroxylation is 2. The van der Waals surface area contributed by atoms with Gasteiger partial charge in [-0.25, -0.2) is 4.79 Å². The van der Waals surface area contributed by atoms with Crippen molar-refractivity contribution in [2.75, 3.05) is 17.7 Å². The number of ether oxygens (including phenoxy) is 1. The molecule has 0 aliphatic heterocycles. The smallest absolute Gasteiger partial charge is 0.337 e. The van der Waals surface area contributed by atoms with Crippen molar-refractivity contribution in [3.63, 3.8) is 0 Å². The molecule has 0 fully saturated rings. The van der Waals surface area contributed by atoms with Crippen LogP contribution in [0.15, 0.2) is 54.6 Å². The molecule has 2 aromatic carbocycles. The van der Waals surface area contributed by atoms with Crippen LogP contribution in [0.4, 0.5) is 17.2 Å². The van der Waals surface area contributed by atoms with Crippen molar-refractivity contribution in [1.29, 1.82) is 0 Å². The molecular formula is C21H20N4O3. The molecule has 1 heterocycles. The van der Waals surface area contributed by atoms with Gasteiger partial charge in [-0.05, 0) is 55.8 Å². The van der Waals surface area contributed by atoms with Crippen LogP contribution in [0.3, 0.4) is 0 Å². The normalized spacial score (nSPS) is 10.2. The number of aromatic nitrogens is 2. The number of nitrogens with one attached hydrogen (secondary N) is 2. The highest BCUT2D eigenvalue weighted by molar-refractivity contribution is 6.03. The highest BCUT2D eigenvalue weighted by Gasteiger charge is 2.11. The maximum atomic E-state index is 12.4. The van der Waals surface area contributed by atoms with E-state index in [1.807, 2.05) is 32.0 Å². The molecule has 1 amide bonds. The Kier molecular flexibility index (Phi) is 5.64. The molecule has 7 heteroatoms. The molecule has 0 unspecified atom stereocenters. The lowest BCUT2D eigenvalue weighted by atomic mass is 10.1. The number of nitrogens with zero attached hydrogens (tertiary/aromatic N) is 2. The summed E-state index contributed by atoms with van der Waals surface area (Å²) in [6.07, 6.45) is 0. The minimum absolute atomic E-state index is 0.203. The summed E-state index contributed by atoms with van der Waals surface area (Å²) >= 11 is 0. The predicted molar refractivity (Wildman–Crippen MR) is 107 cm³/mol. The van der Waals surface area contributed by atoms with Gasteiger partial charge in [0.05, 0.1) is 12.7 Å². The molecule has 0 saturated heterocycles. The minimum Gasteiger partial charge on any atom is -0.465 e. The Morgan fingerprint density at radius 2 is 1.79 bits per heavy atom. The van der Waals surface area contributed by atoms with Gasteiger partial charge in [0.25, 0.3) is 5.91 Å². The van der Waals surface area contributed by atoms with Gasteiger partial charge in [0.15, 0.2) is 11.5 Å². The summed E-state index contributed by atoms with van der Waals surface area (Å²) in [4.78, 5) is 24.0. The standard InChI is InChI=1S/C21H20N4O3/c1-13-7-8-17(14(2)11-13)23-20(26)18-9-10-19(25-24-18)22-16-6-4-5-15(12-16)21(27)28-3/h4-12H,1-3H3,(H,22,25)(H,23,26). The zero-order chi connectivity index (χ0) is 20.1. The summed E-state index contributed by atoms with van der Waals surface area (Å²) in [6.45, 7) is 3.93. The largest absolute Gasteiger partial charge is 0.465 e. The van der Waals surface area contributed by atoms with Gasteiger partial charge >= 0.3 is 5.97 Å². The van der Waals surface area contributed by atoms with E-state index in [1.165, 1.54) is 7.11 Å². The Morgan fingerprint density at radius 1 is 0.964 bits per heavy atom. The summed E-state index contributed by atoms with van der Waals surface area (Å²) in [5, 5.41) is 13.9. The number of carbonyl (C=O) groups excluding carboxylic acids is 2. The van der Waals surface area contributed by atoms with Crippen molar-refractivity contribution in [3.8, 4) is 0 Å². The van der Waals surface area contributed by atoms with Crippen molar-refractivity contribution in [2.45, 2.75) is 13.8 Å². The van der Waals surface area contributed by atoms with Gasteiger partial charge in [0, 0.05) is 11.4 Å². The molecule has 3 aromatic rings. The third kappa shape index (κ3) is 4.50. The maximum Gasteiger partial charge on any atom is 0.337 e. The zero-order valence-corrected chi connectivity index (χ0v) is 15.8. The number of rotatable bonds is 5. The summed E-state index contributed by atoms with van der Waals surface area (Å²) in [5.41, 5.74) is 4.12. The fraction of sp³-hybridized carbons (Fsp3) is 0.143. The molecule has 3 rings (SSSR count). The van der Waals surface area contributed by atoms with Gasteiger partial charge in [-0.2, -0.15) is 0 Å². The van der Waals surface area contributed by atoms with Crippen molar-refractivity contribution in [1.82, 2.24) is 10.2 Å². The number of methoxy groups -OCH3 is 1. The second-order valence-corrected chi connectivity index (χ2v) is 6.27. The summed E-state index contributed by atoms with van der Waals surface area (Å²) in [6, 6.07) is 15.8. The van der Waals surface area contributed by atoms with E-state index < -0.39 is 5.97 Å². The number of amides is 1. The number of benzene rings is 2. The van der Waals surface area contributed by atoms with Crippen LogP contribution in [-0.2, 0) is 4.74 Å². The molecule has 0 aliphatic rings. The van der Waals surface area contributed by atoms with Crippen LogP contribution in [0.5, 0.6) is 0 Å². The average Bonchev–Trinajstić information content (AvgIpc) is 2.70. The lowest BCUT2D eigenvalue weighted by Crippen LogP contribution is -2.15. The molecule has 28 heavy (non-hydrogen) atoms. The summed E-state index contributed by atoms with van der Waals surface area (Å²) in [7, 11) is 1.33. The van der Waals surface area contributed by atoms with Gasteiger partial charge in [0.2, 0.25) is 0 Å². The van der Waals surface area contributed by atoms with Crippen LogP contribution in [0.25, 0.3) is 0 Å². The van der Waals surface area contributed by atoms with E-state index in [2.05, 4.69) is 20.8 Å². The van der Waals surface area contributed by atoms with E-state index >= 15 is 0 Å². The molecule has 2 N–H and O–H groups in total. The number of hydrogen-bond acceptors (Lipinski definition) is 6. The van der Waals surface area contributed by atoms with E-state index in [0.29, 0.717) is 17.1 Å². The Labute approximate surface area is 162 Å². The van der Waals surface area contributed by atoms with Gasteiger partial charge in [-0.1, -0.05) is 23.8 Å². The molecule has 1 aromatic heterocycles. The number of anilines is 3. The molecule has 7 nitrogen and oxygen atoms in total. The van der Waals surface area contributed by atoms with Crippen LogP contribution >= 0.6 is 0 Å². The molecule has 0 atom stereocenters. The third-order valence-electron chi connectivity index (χ3n) is 4.08. The van der Waals surface area contributed by atoms with E-state index in [-0.39, 0.29) is 11.6 Å². The molecule has 0 aliphatic carbocycles. The number of esters is 1. The predicted octanol–water partition coefficient (Wildman–Crippen LogP) is 3.88. The quantitative estimate of drug-likeness (QED) is 0.657. The molecular weight excluding hydrogens is 356 g/mol. The topological polar surface area (TPSA) is 93.2 Å². The lowest BCUT2D eigenvalue weighted by Gasteiger charge is -2.09. The molecule has 142 valence electrons. The van der Waals surface area contributed by atoms with Crippen molar-refractivity contribution in [2.24, 2.45) is 0 Å². The van der Waals surface area contributed by atoms with Crippen LogP contribution in [-0.4, -0.2) is 29.2 Å². The summed E-state index contributed by atoms with van der Waals surface area (Å²) < 4.78 is 4.71. The third-order valence-corrected chi connectivity index (χ3v) is 4.08. The van der Waals surface area contributed by atoms with Crippen molar-refractivity contribution in [3.05, 3.63) is 77.0 Å². The first-order valence-corrected chi connectivity index (χ1v) is 8.64. The average molecular weight is 376 g/mol. The zero-order valence-electron chi connectivity index (χ0n) is 15.8. The van der Waals surface area contributed by atoms with Crippen molar-refractivity contribution < 1.29 is 14.3 Å². The Morgan fingerprint density at radius 3 is 2.46 bits per heavy atom. The van der Waals surface area contributed by atoms with Gasteiger partial charge in [-0.15, -0.1) is 10.2 Å². The highest BCUT2D eigenvalue weighted by atomic mass is 16.5. The molecule has 0 spiro atoms. The van der Waals surface area contributed by atoms with E-state index in [0.717, 1.165) is 16.8 Å². The first-order valence-electron chi connectivity index (χ1n) is 8.64. The Balaban J connectivity index is 1.69. The monoisotopic (exact) mass is 376 g/mol. The molecule has 0 bridgehead atoms. The lowest BCUT2D eigenvalue weighted by molar-refractivity contribution is 0.0600. The van der Waals surface area contributed by atoms with Crippen LogP contribution in [0.2, 0.25) is 0 Å². The van der Waals surface area contributed by atoms with E-state index in [1.54, 1.807) is 36.4 Å². The highest BCUT2D eigenvalue weighted by Crippen LogP contribution is 2.18. The first kappa shape index (κ1) is 19.0. The molecule has 0 saturated carbocycles. The van der Waals surface area contributed by atoms with Crippen LogP contribution in [0, 0.1) is 13.8 Å². The Bertz CT molecular complexity index is 1020. The molecule has 0 radical (unpaired) electrons. The van der Waals surface area contributed by atoms with Gasteiger partial charge in [0.1, 0.15) is 0 Å². The SMILES string of the molecule is COC(=O)c1cccc(Nc2ccc(C(=O)Nc3ccc(C)cc3C)nn2)c1. The van der Waals surface area contributed by atoms with Crippen LogP contribution < -0.4 is 10.6 Å². The number of carbonyl (C=O) groups is 2.